The molecule has 1 rings (SSSR count). The molecule has 7 heteroatoms. The maximum atomic E-state index is 11.9. The van der Waals surface area contributed by atoms with Crippen molar-refractivity contribution in [1.29, 1.82) is 0 Å². The Morgan fingerprint density at radius 3 is 2.44 bits per heavy atom. The van der Waals surface area contributed by atoms with Crippen molar-refractivity contribution in [2.45, 2.75) is 39.3 Å². The molecule has 0 bridgehead atoms. The monoisotopic (exact) mass is 255 g/mol. The molecule has 0 aliphatic carbocycles. The number of hydrogen-bond acceptors (Lipinski definition) is 4. The van der Waals surface area contributed by atoms with E-state index in [0.717, 1.165) is 10.6 Å². The molecule has 1 atom stereocenters. The average molecular weight is 255 g/mol. The van der Waals surface area contributed by atoms with Gasteiger partial charge in [-0.15, -0.1) is 0 Å². The fourth-order valence-corrected chi connectivity index (χ4v) is 1.46. The van der Waals surface area contributed by atoms with Crippen molar-refractivity contribution in [1.82, 2.24) is 14.9 Å². The van der Waals surface area contributed by atoms with Gasteiger partial charge in [-0.05, 0) is 27.7 Å². The minimum Gasteiger partial charge on any atom is -0.494 e. The molecule has 100 valence electrons. The smallest absolute Gasteiger partial charge is 0.331 e. The fourth-order valence-electron chi connectivity index (χ4n) is 1.46. The number of nitrogens with zero attached hydrogens (tertiary/aromatic N) is 1. The molecule has 0 saturated carbocycles. The predicted molar refractivity (Wildman–Crippen MR) is 65.6 cm³/mol. The molecule has 1 aromatic rings. The third-order valence-corrected chi connectivity index (χ3v) is 2.22. The van der Waals surface area contributed by atoms with Crippen molar-refractivity contribution in [3.8, 4) is 5.88 Å². The van der Waals surface area contributed by atoms with E-state index in [-0.39, 0.29) is 0 Å². The lowest BCUT2D eigenvalue weighted by Gasteiger charge is -2.24. The van der Waals surface area contributed by atoms with Crippen LogP contribution in [0.5, 0.6) is 5.88 Å². The van der Waals surface area contributed by atoms with Crippen LogP contribution in [-0.2, 0) is 4.79 Å². The molecule has 1 amide bonds. The highest BCUT2D eigenvalue weighted by Crippen LogP contribution is 2.12. The summed E-state index contributed by atoms with van der Waals surface area (Å²) in [7, 11) is 0. The summed E-state index contributed by atoms with van der Waals surface area (Å²) in [4.78, 5) is 36.4. The summed E-state index contributed by atoms with van der Waals surface area (Å²) in [6.45, 7) is 6.86. The summed E-state index contributed by atoms with van der Waals surface area (Å²) in [5, 5.41) is 12.2. The summed E-state index contributed by atoms with van der Waals surface area (Å²) in [5.74, 6) is -0.966. The topological polar surface area (TPSA) is 104 Å². The van der Waals surface area contributed by atoms with Gasteiger partial charge in [0, 0.05) is 5.54 Å². The number of aromatic nitrogens is 2. The van der Waals surface area contributed by atoms with Gasteiger partial charge in [0.05, 0.1) is 6.07 Å². The van der Waals surface area contributed by atoms with E-state index in [1.165, 1.54) is 6.92 Å². The highest BCUT2D eigenvalue weighted by molar-refractivity contribution is 5.80. The quantitative estimate of drug-likeness (QED) is 0.675. The lowest BCUT2D eigenvalue weighted by molar-refractivity contribution is -0.125. The Kier molecular flexibility index (Phi) is 3.64. The van der Waals surface area contributed by atoms with Crippen molar-refractivity contribution in [3.63, 3.8) is 0 Å². The summed E-state index contributed by atoms with van der Waals surface area (Å²) < 4.78 is 0.822. The predicted octanol–water partition coefficient (Wildman–Crippen LogP) is -0.282. The second-order valence-corrected chi connectivity index (χ2v) is 5.08. The molecule has 0 aliphatic heterocycles. The van der Waals surface area contributed by atoms with Gasteiger partial charge in [0.15, 0.2) is 0 Å². The van der Waals surface area contributed by atoms with Crippen LogP contribution in [-0.4, -0.2) is 26.1 Å². The zero-order valence-corrected chi connectivity index (χ0v) is 10.8. The van der Waals surface area contributed by atoms with E-state index >= 15 is 0 Å². The van der Waals surface area contributed by atoms with Gasteiger partial charge >= 0.3 is 5.69 Å². The standard InChI is InChI=1S/C11H17N3O4/c1-6(9(17)13-11(2,3)4)14-8(16)5-7(15)12-10(14)18/h5-6,16H,1-4H3,(H,13,17)(H,12,15,18). The van der Waals surface area contributed by atoms with E-state index in [2.05, 4.69) is 5.32 Å². The van der Waals surface area contributed by atoms with Crippen LogP contribution in [0, 0.1) is 0 Å². The third kappa shape index (κ3) is 3.22. The molecule has 3 N–H and O–H groups in total. The summed E-state index contributed by atoms with van der Waals surface area (Å²) in [5.41, 5.74) is -1.99. The van der Waals surface area contributed by atoms with Crippen molar-refractivity contribution >= 4 is 5.91 Å². The fraction of sp³-hybridized carbons (Fsp3) is 0.545. The van der Waals surface area contributed by atoms with Crippen molar-refractivity contribution in [2.24, 2.45) is 0 Å². The first-order valence-corrected chi connectivity index (χ1v) is 5.48. The zero-order valence-electron chi connectivity index (χ0n) is 10.8. The molecule has 0 saturated heterocycles. The van der Waals surface area contributed by atoms with Gasteiger partial charge < -0.3 is 10.4 Å². The van der Waals surface area contributed by atoms with Crippen LogP contribution in [0.1, 0.15) is 33.7 Å². The molecule has 7 nitrogen and oxygen atoms in total. The van der Waals surface area contributed by atoms with Crippen LogP contribution in [0.4, 0.5) is 0 Å². The first kappa shape index (κ1) is 14.0. The van der Waals surface area contributed by atoms with Crippen molar-refractivity contribution < 1.29 is 9.90 Å². The van der Waals surface area contributed by atoms with Crippen LogP contribution < -0.4 is 16.6 Å². The van der Waals surface area contributed by atoms with Gasteiger partial charge in [0.1, 0.15) is 6.04 Å². The highest BCUT2D eigenvalue weighted by Gasteiger charge is 2.23. The van der Waals surface area contributed by atoms with Crippen LogP contribution >= 0.6 is 0 Å². The number of carbonyl (C=O) groups is 1. The molecule has 0 aromatic carbocycles. The summed E-state index contributed by atoms with van der Waals surface area (Å²) in [6, 6.07) is -0.0731. The molecular formula is C11H17N3O4. The Morgan fingerprint density at radius 1 is 1.44 bits per heavy atom. The molecule has 1 aromatic heterocycles. The number of aromatic hydroxyl groups is 1. The number of carbonyl (C=O) groups excluding carboxylic acids is 1. The second-order valence-electron chi connectivity index (χ2n) is 5.08. The molecule has 0 fully saturated rings. The van der Waals surface area contributed by atoms with Gasteiger partial charge in [0.25, 0.3) is 5.56 Å². The normalized spacial score (nSPS) is 13.1. The molecule has 0 spiro atoms. The largest absolute Gasteiger partial charge is 0.494 e. The summed E-state index contributed by atoms with van der Waals surface area (Å²) >= 11 is 0. The first-order valence-electron chi connectivity index (χ1n) is 5.48. The number of hydrogen-bond donors (Lipinski definition) is 3. The number of rotatable bonds is 2. The van der Waals surface area contributed by atoms with Crippen LogP contribution in [0.2, 0.25) is 0 Å². The van der Waals surface area contributed by atoms with Crippen LogP contribution in [0.3, 0.4) is 0 Å². The Morgan fingerprint density at radius 2 is 2.00 bits per heavy atom. The van der Waals surface area contributed by atoms with Gasteiger partial charge in [-0.2, -0.15) is 0 Å². The number of H-pyrrole nitrogens is 1. The lowest BCUT2D eigenvalue weighted by atomic mass is 10.1. The highest BCUT2D eigenvalue weighted by atomic mass is 16.3. The van der Waals surface area contributed by atoms with Gasteiger partial charge in [-0.3, -0.25) is 19.1 Å². The van der Waals surface area contributed by atoms with Gasteiger partial charge in [-0.1, -0.05) is 0 Å². The Balaban J connectivity index is 3.12. The summed E-state index contributed by atoms with van der Waals surface area (Å²) in [6.07, 6.45) is 0. The van der Waals surface area contributed by atoms with E-state index in [4.69, 9.17) is 0 Å². The lowest BCUT2D eigenvalue weighted by Crippen LogP contribution is -2.46. The molecule has 18 heavy (non-hydrogen) atoms. The van der Waals surface area contributed by atoms with E-state index < -0.39 is 34.6 Å². The van der Waals surface area contributed by atoms with E-state index in [9.17, 15) is 19.5 Å². The average Bonchev–Trinajstić information content (AvgIpc) is 2.12. The van der Waals surface area contributed by atoms with E-state index in [1.807, 2.05) is 4.98 Å². The number of nitrogens with one attached hydrogen (secondary N) is 2. The Labute approximate surface area is 103 Å². The number of amides is 1. The minimum atomic E-state index is -0.923. The van der Waals surface area contributed by atoms with E-state index in [0.29, 0.717) is 0 Å². The minimum absolute atomic E-state index is 0.424. The molecular weight excluding hydrogens is 238 g/mol. The van der Waals surface area contributed by atoms with E-state index in [1.54, 1.807) is 20.8 Å². The Bertz CT molecular complexity index is 565. The van der Waals surface area contributed by atoms with Crippen LogP contribution in [0.15, 0.2) is 15.7 Å². The third-order valence-electron chi connectivity index (χ3n) is 2.22. The SMILES string of the molecule is CC(C(=O)NC(C)(C)C)n1c(O)cc(=O)[nH]c1=O. The molecule has 0 aliphatic rings. The van der Waals surface area contributed by atoms with Gasteiger partial charge in [-0.25, -0.2) is 4.79 Å². The Hall–Kier alpha value is -2.05. The first-order chi connectivity index (χ1) is 8.11. The molecule has 1 heterocycles. The maximum Gasteiger partial charge on any atom is 0.331 e. The van der Waals surface area contributed by atoms with Crippen molar-refractivity contribution in [3.05, 3.63) is 26.9 Å². The number of aromatic amines is 1. The second kappa shape index (κ2) is 4.67. The maximum absolute atomic E-state index is 11.9. The zero-order chi connectivity index (χ0) is 14.1. The van der Waals surface area contributed by atoms with Crippen LogP contribution in [0.25, 0.3) is 0 Å². The molecule has 1 unspecified atom stereocenters. The van der Waals surface area contributed by atoms with Crippen molar-refractivity contribution in [2.75, 3.05) is 0 Å². The molecule has 0 radical (unpaired) electrons. The van der Waals surface area contributed by atoms with Gasteiger partial charge in [0.2, 0.25) is 11.8 Å².